The molecule has 2 N–H and O–H groups in total. The Hall–Kier alpha value is -2.06. The minimum atomic E-state index is 0.604. The average Bonchev–Trinajstić information content (AvgIpc) is 2.86. The van der Waals surface area contributed by atoms with Crippen LogP contribution in [0.1, 0.15) is 22.3 Å². The van der Waals surface area contributed by atoms with Gasteiger partial charge in [0.05, 0.1) is 0 Å². The molecule has 0 saturated heterocycles. The normalized spacial score (nSPS) is 11.2. The number of aromatic nitrogens is 1. The number of fused-ring (bicyclic) bond motifs is 1. The summed E-state index contributed by atoms with van der Waals surface area (Å²) >= 11 is 0. The molecule has 0 aliphatic carbocycles. The van der Waals surface area contributed by atoms with E-state index in [1.54, 1.807) is 0 Å². The van der Waals surface area contributed by atoms with Crippen LogP contribution in [-0.2, 0) is 13.1 Å². The number of hydrogen-bond acceptors (Lipinski definition) is 1. The molecule has 1 aromatic heterocycles. The van der Waals surface area contributed by atoms with E-state index >= 15 is 0 Å². The second-order valence-corrected chi connectivity index (χ2v) is 5.42. The smallest absolute Gasteiger partial charge is 0.0486 e. The molecule has 2 heteroatoms. The first-order chi connectivity index (χ1) is 9.69. The lowest BCUT2D eigenvalue weighted by molar-refractivity contribution is 0.829. The fourth-order valence-electron chi connectivity index (χ4n) is 2.76. The van der Waals surface area contributed by atoms with Crippen molar-refractivity contribution < 1.29 is 0 Å². The highest BCUT2D eigenvalue weighted by Crippen LogP contribution is 2.21. The second kappa shape index (κ2) is 5.14. The van der Waals surface area contributed by atoms with Crippen molar-refractivity contribution in [1.82, 2.24) is 4.57 Å². The van der Waals surface area contributed by atoms with Crippen LogP contribution in [-0.4, -0.2) is 4.57 Å². The molecule has 0 amide bonds. The van der Waals surface area contributed by atoms with Gasteiger partial charge >= 0.3 is 0 Å². The molecule has 2 aromatic carbocycles. The maximum Gasteiger partial charge on any atom is 0.0486 e. The Kier molecular flexibility index (Phi) is 3.33. The van der Waals surface area contributed by atoms with Crippen LogP contribution in [0.15, 0.2) is 48.7 Å². The molecule has 102 valence electrons. The zero-order valence-electron chi connectivity index (χ0n) is 12.1. The van der Waals surface area contributed by atoms with Gasteiger partial charge in [-0.15, -0.1) is 0 Å². The quantitative estimate of drug-likeness (QED) is 0.767. The molecule has 0 aliphatic rings. The molecule has 0 aliphatic heterocycles. The highest BCUT2D eigenvalue weighted by molar-refractivity contribution is 5.83. The fourth-order valence-corrected chi connectivity index (χ4v) is 2.76. The summed E-state index contributed by atoms with van der Waals surface area (Å²) in [6, 6.07) is 15.2. The molecule has 3 aromatic rings. The first-order valence-corrected chi connectivity index (χ1v) is 7.02. The summed E-state index contributed by atoms with van der Waals surface area (Å²) in [5, 5.41) is 1.34. The van der Waals surface area contributed by atoms with E-state index in [2.05, 4.69) is 67.1 Å². The summed E-state index contributed by atoms with van der Waals surface area (Å²) in [6.45, 7) is 5.83. The van der Waals surface area contributed by atoms with Gasteiger partial charge in [0.25, 0.3) is 0 Å². The highest BCUT2D eigenvalue weighted by atomic mass is 14.9. The zero-order chi connectivity index (χ0) is 14.1. The van der Waals surface area contributed by atoms with Gasteiger partial charge in [0.1, 0.15) is 0 Å². The van der Waals surface area contributed by atoms with Crippen molar-refractivity contribution >= 4 is 10.9 Å². The highest BCUT2D eigenvalue weighted by Gasteiger charge is 2.05. The summed E-state index contributed by atoms with van der Waals surface area (Å²) in [4.78, 5) is 0. The van der Waals surface area contributed by atoms with Crippen molar-refractivity contribution in [2.75, 3.05) is 0 Å². The molecule has 3 rings (SSSR count). The number of aryl methyl sites for hydroxylation is 2. The Morgan fingerprint density at radius 2 is 1.85 bits per heavy atom. The topological polar surface area (TPSA) is 30.9 Å². The van der Waals surface area contributed by atoms with Crippen molar-refractivity contribution in [1.29, 1.82) is 0 Å². The van der Waals surface area contributed by atoms with Crippen LogP contribution in [0.3, 0.4) is 0 Å². The van der Waals surface area contributed by atoms with E-state index in [-0.39, 0.29) is 0 Å². The Labute approximate surface area is 119 Å². The Balaban J connectivity index is 1.99. The number of nitrogens with two attached hydrogens (primary N) is 1. The van der Waals surface area contributed by atoms with Crippen LogP contribution in [0.2, 0.25) is 0 Å². The van der Waals surface area contributed by atoms with Crippen LogP contribution in [0.4, 0.5) is 0 Å². The van der Waals surface area contributed by atoms with Crippen LogP contribution in [0, 0.1) is 13.8 Å². The minimum absolute atomic E-state index is 0.604. The third-order valence-electron chi connectivity index (χ3n) is 4.02. The monoisotopic (exact) mass is 264 g/mol. The van der Waals surface area contributed by atoms with Crippen LogP contribution in [0.25, 0.3) is 10.9 Å². The maximum absolute atomic E-state index is 5.69. The molecule has 0 atom stereocenters. The van der Waals surface area contributed by atoms with Gasteiger partial charge in [-0.1, -0.05) is 30.3 Å². The van der Waals surface area contributed by atoms with Gasteiger partial charge in [-0.3, -0.25) is 0 Å². The summed E-state index contributed by atoms with van der Waals surface area (Å²) in [6.07, 6.45) is 2.17. The average molecular weight is 264 g/mol. The zero-order valence-corrected chi connectivity index (χ0v) is 12.1. The lowest BCUT2D eigenvalue weighted by atomic mass is 10.0. The summed E-state index contributed by atoms with van der Waals surface area (Å²) in [5.41, 5.74) is 12.2. The van der Waals surface area contributed by atoms with E-state index in [9.17, 15) is 0 Å². The standard InChI is InChI=1S/C18H20N2/c1-13-4-3-5-18-17(13)8-9-20(18)12-16-7-6-15(11-19)10-14(16)2/h3-10H,11-12,19H2,1-2H3. The maximum atomic E-state index is 5.69. The predicted molar refractivity (Wildman–Crippen MR) is 84.8 cm³/mol. The third kappa shape index (κ3) is 2.23. The molecule has 20 heavy (non-hydrogen) atoms. The molecule has 0 bridgehead atoms. The molecular weight excluding hydrogens is 244 g/mol. The van der Waals surface area contributed by atoms with Gasteiger partial charge in [-0.05, 0) is 48.2 Å². The number of benzene rings is 2. The molecule has 0 saturated carbocycles. The van der Waals surface area contributed by atoms with Crippen LogP contribution >= 0.6 is 0 Å². The molecule has 1 heterocycles. The van der Waals surface area contributed by atoms with Gasteiger partial charge < -0.3 is 10.3 Å². The summed E-state index contributed by atoms with van der Waals surface area (Å²) in [7, 11) is 0. The number of nitrogens with zero attached hydrogens (tertiary/aromatic N) is 1. The molecule has 0 spiro atoms. The van der Waals surface area contributed by atoms with Crippen molar-refractivity contribution in [2.24, 2.45) is 5.73 Å². The first kappa shape index (κ1) is 12.9. The van der Waals surface area contributed by atoms with Crippen LogP contribution < -0.4 is 5.73 Å². The molecule has 0 radical (unpaired) electrons. The molecule has 0 unspecified atom stereocenters. The third-order valence-corrected chi connectivity index (χ3v) is 4.02. The molecule has 2 nitrogen and oxygen atoms in total. The van der Waals surface area contributed by atoms with E-state index < -0.39 is 0 Å². The van der Waals surface area contributed by atoms with E-state index in [1.165, 1.54) is 33.2 Å². The lowest BCUT2D eigenvalue weighted by Crippen LogP contribution is -2.02. The van der Waals surface area contributed by atoms with E-state index in [1.807, 2.05) is 0 Å². The largest absolute Gasteiger partial charge is 0.343 e. The van der Waals surface area contributed by atoms with Crippen molar-refractivity contribution in [3.8, 4) is 0 Å². The lowest BCUT2D eigenvalue weighted by Gasteiger charge is -2.10. The Morgan fingerprint density at radius 3 is 2.60 bits per heavy atom. The summed E-state index contributed by atoms with van der Waals surface area (Å²) in [5.74, 6) is 0. The van der Waals surface area contributed by atoms with Crippen molar-refractivity contribution in [2.45, 2.75) is 26.9 Å². The number of rotatable bonds is 3. The van der Waals surface area contributed by atoms with Gasteiger partial charge in [0.15, 0.2) is 0 Å². The van der Waals surface area contributed by atoms with E-state index in [0.29, 0.717) is 6.54 Å². The number of hydrogen-bond donors (Lipinski definition) is 1. The minimum Gasteiger partial charge on any atom is -0.343 e. The fraction of sp³-hybridized carbons (Fsp3) is 0.222. The van der Waals surface area contributed by atoms with Crippen molar-refractivity contribution in [3.63, 3.8) is 0 Å². The molecular formula is C18H20N2. The summed E-state index contributed by atoms with van der Waals surface area (Å²) < 4.78 is 2.31. The van der Waals surface area contributed by atoms with Gasteiger partial charge in [0.2, 0.25) is 0 Å². The predicted octanol–water partition coefficient (Wildman–Crippen LogP) is 3.77. The van der Waals surface area contributed by atoms with E-state index in [4.69, 9.17) is 5.73 Å². The second-order valence-electron chi connectivity index (χ2n) is 5.42. The Bertz CT molecular complexity index is 753. The molecule has 0 fully saturated rings. The Morgan fingerprint density at radius 1 is 1.00 bits per heavy atom. The van der Waals surface area contributed by atoms with Gasteiger partial charge in [-0.25, -0.2) is 0 Å². The first-order valence-electron chi connectivity index (χ1n) is 7.02. The van der Waals surface area contributed by atoms with Gasteiger partial charge in [0, 0.05) is 30.2 Å². The van der Waals surface area contributed by atoms with Gasteiger partial charge in [-0.2, -0.15) is 0 Å². The van der Waals surface area contributed by atoms with Crippen LogP contribution in [0.5, 0.6) is 0 Å². The van der Waals surface area contributed by atoms with Crippen molar-refractivity contribution in [3.05, 3.63) is 70.9 Å². The van der Waals surface area contributed by atoms with E-state index in [0.717, 1.165) is 6.54 Å². The SMILES string of the molecule is Cc1cc(CN)ccc1Cn1ccc2c(C)cccc21.